The normalized spacial score (nSPS) is 17.2. The topological polar surface area (TPSA) is 133 Å². The third-order valence-electron chi connectivity index (χ3n) is 7.39. The van der Waals surface area contributed by atoms with E-state index in [1.165, 1.54) is 0 Å². The number of carboxylic acids is 1. The molecule has 0 unspecified atom stereocenters. The minimum Gasteiger partial charge on any atom is -0.475 e. The third-order valence-corrected chi connectivity index (χ3v) is 8.87. The van der Waals surface area contributed by atoms with Crippen LogP contribution >= 0.6 is 0 Å². The Kier molecular flexibility index (Phi) is 10.6. The van der Waals surface area contributed by atoms with Crippen molar-refractivity contribution in [3.63, 3.8) is 0 Å². The first-order valence-electron chi connectivity index (χ1n) is 14.4. The maximum Gasteiger partial charge on any atom is 0.490 e. The van der Waals surface area contributed by atoms with Crippen molar-refractivity contribution < 1.29 is 31.5 Å². The van der Waals surface area contributed by atoms with E-state index in [-0.39, 0.29) is 6.04 Å². The summed E-state index contributed by atoms with van der Waals surface area (Å²) in [6, 6.07) is 21.4. The fraction of sp³-hybridized carbons (Fsp3) is 0.387. The van der Waals surface area contributed by atoms with E-state index in [1.807, 2.05) is 54.6 Å². The van der Waals surface area contributed by atoms with E-state index >= 15 is 0 Å². The second-order valence-corrected chi connectivity index (χ2v) is 12.8. The molecule has 5 rings (SSSR count). The Balaban J connectivity index is 0.000000566. The lowest BCUT2D eigenvalue weighted by Crippen LogP contribution is -2.32. The van der Waals surface area contributed by atoms with Crippen LogP contribution in [0.25, 0.3) is 21.7 Å². The molecular formula is C31H36F3N5O4S. The van der Waals surface area contributed by atoms with Crippen LogP contribution in [0.15, 0.2) is 71.6 Å². The molecule has 1 aliphatic carbocycles. The number of aromatic nitrogens is 2. The zero-order valence-corrected chi connectivity index (χ0v) is 25.3. The zero-order chi connectivity index (χ0) is 31.9. The minimum atomic E-state index is -5.08. The molecule has 0 bridgehead atoms. The van der Waals surface area contributed by atoms with Gasteiger partial charge in [-0.3, -0.25) is 0 Å². The molecule has 4 N–H and O–H groups in total. The molecule has 44 heavy (non-hydrogen) atoms. The Morgan fingerprint density at radius 3 is 2.09 bits per heavy atom. The molecule has 1 saturated carbocycles. The molecule has 1 aliphatic rings. The number of sulfonamides is 1. The van der Waals surface area contributed by atoms with Gasteiger partial charge in [-0.15, -0.1) is 0 Å². The highest BCUT2D eigenvalue weighted by Gasteiger charge is 2.38. The summed E-state index contributed by atoms with van der Waals surface area (Å²) in [5, 5.41) is 16.7. The van der Waals surface area contributed by atoms with Crippen molar-refractivity contribution in [1.82, 2.24) is 14.7 Å². The Morgan fingerprint density at radius 1 is 0.886 bits per heavy atom. The van der Waals surface area contributed by atoms with E-state index in [2.05, 4.69) is 29.2 Å². The van der Waals surface area contributed by atoms with Gasteiger partial charge in [0.1, 0.15) is 5.82 Å². The highest BCUT2D eigenvalue weighted by molar-refractivity contribution is 7.89. The molecule has 1 heterocycles. The number of alkyl halides is 3. The van der Waals surface area contributed by atoms with E-state index in [1.54, 1.807) is 12.1 Å². The Labute approximate surface area is 254 Å². The fourth-order valence-corrected chi connectivity index (χ4v) is 6.49. The molecular weight excluding hydrogens is 595 g/mol. The average molecular weight is 632 g/mol. The number of hydrogen-bond acceptors (Lipinski definition) is 7. The Morgan fingerprint density at radius 2 is 1.45 bits per heavy atom. The molecule has 0 amide bonds. The number of benzene rings is 3. The number of carbonyl (C=O) groups is 1. The molecule has 0 atom stereocenters. The number of anilines is 2. The van der Waals surface area contributed by atoms with Gasteiger partial charge in [-0.05, 0) is 75.0 Å². The van der Waals surface area contributed by atoms with Crippen molar-refractivity contribution in [2.45, 2.75) is 56.6 Å². The zero-order valence-electron chi connectivity index (χ0n) is 24.4. The first kappa shape index (κ1) is 32.9. The van der Waals surface area contributed by atoms with Gasteiger partial charge in [-0.2, -0.15) is 18.2 Å². The van der Waals surface area contributed by atoms with Crippen molar-refractivity contribution in [1.29, 1.82) is 0 Å². The highest BCUT2D eigenvalue weighted by atomic mass is 32.2. The molecule has 0 saturated heterocycles. The second-order valence-electron chi connectivity index (χ2n) is 11.1. The van der Waals surface area contributed by atoms with Crippen LogP contribution in [0.5, 0.6) is 0 Å². The first-order chi connectivity index (χ1) is 20.8. The first-order valence-corrected chi connectivity index (χ1v) is 15.9. The number of nitrogens with zero attached hydrogens (tertiary/aromatic N) is 2. The van der Waals surface area contributed by atoms with Gasteiger partial charge < -0.3 is 15.7 Å². The van der Waals surface area contributed by atoms with E-state index in [4.69, 9.17) is 19.9 Å². The van der Waals surface area contributed by atoms with Crippen LogP contribution in [0, 0.1) is 11.8 Å². The minimum absolute atomic E-state index is 0.277. The summed E-state index contributed by atoms with van der Waals surface area (Å²) in [5.74, 6) is -0.396. The molecule has 4 aromatic rings. The second kappa shape index (κ2) is 14.2. The summed E-state index contributed by atoms with van der Waals surface area (Å²) in [4.78, 5) is 18.7. The van der Waals surface area contributed by atoms with Crippen LogP contribution in [0.4, 0.5) is 24.9 Å². The summed E-state index contributed by atoms with van der Waals surface area (Å²) >= 11 is 0. The summed E-state index contributed by atoms with van der Waals surface area (Å²) in [6.07, 6.45) is -0.969. The van der Waals surface area contributed by atoms with Gasteiger partial charge in [0.05, 0.1) is 10.4 Å². The number of carboxylic acid groups (broad SMARTS) is 1. The van der Waals surface area contributed by atoms with Crippen LogP contribution in [-0.2, 0) is 14.8 Å². The van der Waals surface area contributed by atoms with Crippen LogP contribution in [0.2, 0.25) is 0 Å². The molecule has 9 nitrogen and oxygen atoms in total. The highest BCUT2D eigenvalue weighted by Crippen LogP contribution is 2.30. The lowest BCUT2D eigenvalue weighted by molar-refractivity contribution is -0.192. The molecule has 3 aromatic carbocycles. The van der Waals surface area contributed by atoms with Gasteiger partial charge in [0.15, 0.2) is 0 Å². The van der Waals surface area contributed by atoms with Crippen LogP contribution in [-0.4, -0.2) is 54.8 Å². The molecule has 1 aromatic heterocycles. The van der Waals surface area contributed by atoms with Crippen LogP contribution < -0.4 is 15.4 Å². The van der Waals surface area contributed by atoms with Gasteiger partial charge in [-0.25, -0.2) is 22.9 Å². The van der Waals surface area contributed by atoms with E-state index in [9.17, 15) is 21.6 Å². The van der Waals surface area contributed by atoms with E-state index in [0.29, 0.717) is 29.2 Å². The molecule has 236 valence electrons. The van der Waals surface area contributed by atoms with Gasteiger partial charge >= 0.3 is 12.1 Å². The number of para-hydroxylation sites is 1. The fourth-order valence-electron chi connectivity index (χ4n) is 5.15. The van der Waals surface area contributed by atoms with Crippen molar-refractivity contribution in [3.05, 3.63) is 66.7 Å². The standard InChI is InChI=1S/C29H35N5O2S.C2HF3O2/c1-20(2)32-28-25-11-5-6-12-26(25)33-29(34-28)30-18-21-14-16-22(17-15-21)19-31-37(35,36)27-13-7-9-23-8-3-4-10-24(23)27;3-2(4,5)1(6)7/h3-13,20-22,31H,14-19H2,1-2H3,(H2,30,32,33,34);(H,6,7). The monoisotopic (exact) mass is 631 g/mol. The lowest BCUT2D eigenvalue weighted by atomic mass is 9.82. The average Bonchev–Trinajstić information content (AvgIpc) is 2.99. The summed E-state index contributed by atoms with van der Waals surface area (Å²) < 4.78 is 60.7. The maximum atomic E-state index is 13.1. The maximum absolute atomic E-state index is 13.1. The van der Waals surface area contributed by atoms with Gasteiger partial charge in [-0.1, -0.05) is 48.5 Å². The number of fused-ring (bicyclic) bond motifs is 2. The third kappa shape index (κ3) is 8.79. The number of aliphatic carboxylic acids is 1. The molecule has 0 aliphatic heterocycles. The van der Waals surface area contributed by atoms with Gasteiger partial charge in [0.25, 0.3) is 0 Å². The number of nitrogens with one attached hydrogen (secondary N) is 3. The number of rotatable bonds is 9. The number of hydrogen-bond donors (Lipinski definition) is 4. The molecule has 13 heteroatoms. The summed E-state index contributed by atoms with van der Waals surface area (Å²) in [5.41, 5.74) is 0.922. The molecule has 0 spiro atoms. The van der Waals surface area contributed by atoms with E-state index < -0.39 is 22.2 Å². The van der Waals surface area contributed by atoms with Crippen LogP contribution in [0.3, 0.4) is 0 Å². The lowest BCUT2D eigenvalue weighted by Gasteiger charge is -2.28. The number of halogens is 3. The van der Waals surface area contributed by atoms with Crippen molar-refractivity contribution in [2.24, 2.45) is 11.8 Å². The molecule has 0 radical (unpaired) electrons. The van der Waals surface area contributed by atoms with Crippen LogP contribution in [0.1, 0.15) is 39.5 Å². The van der Waals surface area contributed by atoms with Crippen molar-refractivity contribution >= 4 is 49.4 Å². The Bertz CT molecular complexity index is 1690. The Hall–Kier alpha value is -3.97. The van der Waals surface area contributed by atoms with Crippen molar-refractivity contribution in [3.8, 4) is 0 Å². The largest absolute Gasteiger partial charge is 0.490 e. The van der Waals surface area contributed by atoms with Gasteiger partial charge in [0.2, 0.25) is 16.0 Å². The summed E-state index contributed by atoms with van der Waals surface area (Å²) in [7, 11) is -3.56. The molecule has 1 fully saturated rings. The quantitative estimate of drug-likeness (QED) is 0.166. The predicted molar refractivity (Wildman–Crippen MR) is 165 cm³/mol. The van der Waals surface area contributed by atoms with E-state index in [0.717, 1.165) is 59.7 Å². The van der Waals surface area contributed by atoms with Crippen molar-refractivity contribution in [2.75, 3.05) is 23.7 Å². The SMILES string of the molecule is CC(C)Nc1nc(NCC2CCC(CNS(=O)(=O)c3cccc4ccccc34)CC2)nc2ccccc12.O=C(O)C(F)(F)F. The predicted octanol–water partition coefficient (Wildman–Crippen LogP) is 6.43. The van der Waals surface area contributed by atoms with Gasteiger partial charge in [0, 0.05) is 29.9 Å². The summed E-state index contributed by atoms with van der Waals surface area (Å²) in [6.45, 7) is 5.49. The smallest absolute Gasteiger partial charge is 0.475 e.